The molecule has 30 heavy (non-hydrogen) atoms. The number of methoxy groups -OCH3 is 1. The first-order valence-electron chi connectivity index (χ1n) is 9.17. The zero-order valence-corrected chi connectivity index (χ0v) is 17.2. The Hall–Kier alpha value is -3.33. The molecule has 0 fully saturated rings. The average molecular weight is 426 g/mol. The van der Waals surface area contributed by atoms with Crippen LogP contribution in [0.25, 0.3) is 16.8 Å². The van der Waals surface area contributed by atoms with Crippen LogP contribution in [0, 0.1) is 5.82 Å². The quantitative estimate of drug-likeness (QED) is 0.471. The Balaban J connectivity index is 1.65. The standard InChI is InChI=1S/C21H19FN4O3S/c1-29-17-7-9-19(22)14(11-17)3-5-16-6-8-18(21-25-24-13-26(16)21)15-4-10-20(23-12-15)30(2,27)28/h4,6-13H,3,5H2,1-2H3. The number of aryl methyl sites for hydroxylation is 2. The van der Waals surface area contributed by atoms with Gasteiger partial charge < -0.3 is 4.74 Å². The van der Waals surface area contributed by atoms with Crippen molar-refractivity contribution in [2.45, 2.75) is 17.9 Å². The summed E-state index contributed by atoms with van der Waals surface area (Å²) in [6.45, 7) is 0. The molecule has 4 aromatic rings. The molecule has 4 rings (SSSR count). The Labute approximate surface area is 173 Å². The van der Waals surface area contributed by atoms with Crippen LogP contribution in [0.2, 0.25) is 0 Å². The molecule has 3 aromatic heterocycles. The van der Waals surface area contributed by atoms with Gasteiger partial charge in [-0.25, -0.2) is 17.8 Å². The second kappa shape index (κ2) is 7.83. The summed E-state index contributed by atoms with van der Waals surface area (Å²) in [6, 6.07) is 11.7. The van der Waals surface area contributed by atoms with Gasteiger partial charge in [-0.1, -0.05) is 0 Å². The number of aromatic nitrogens is 4. The maximum absolute atomic E-state index is 14.1. The van der Waals surface area contributed by atoms with E-state index in [1.54, 1.807) is 31.6 Å². The van der Waals surface area contributed by atoms with E-state index < -0.39 is 9.84 Å². The molecule has 0 atom stereocenters. The van der Waals surface area contributed by atoms with E-state index in [-0.39, 0.29) is 10.8 Å². The minimum atomic E-state index is -3.37. The van der Waals surface area contributed by atoms with Crippen molar-refractivity contribution in [3.63, 3.8) is 0 Å². The lowest BCUT2D eigenvalue weighted by atomic mass is 10.0. The Bertz CT molecular complexity index is 1320. The molecule has 1 aromatic carbocycles. The molecule has 0 unspecified atom stereocenters. The molecule has 0 radical (unpaired) electrons. The van der Waals surface area contributed by atoms with Gasteiger partial charge in [0.2, 0.25) is 0 Å². The summed E-state index contributed by atoms with van der Waals surface area (Å²) < 4.78 is 44.4. The van der Waals surface area contributed by atoms with Gasteiger partial charge in [-0.3, -0.25) is 4.40 Å². The van der Waals surface area contributed by atoms with E-state index in [2.05, 4.69) is 15.2 Å². The molecular weight excluding hydrogens is 407 g/mol. The van der Waals surface area contributed by atoms with Crippen molar-refractivity contribution in [2.75, 3.05) is 13.4 Å². The zero-order valence-electron chi connectivity index (χ0n) is 16.4. The van der Waals surface area contributed by atoms with Crippen molar-refractivity contribution >= 4 is 15.5 Å². The molecule has 3 heterocycles. The van der Waals surface area contributed by atoms with E-state index in [0.717, 1.165) is 23.1 Å². The largest absolute Gasteiger partial charge is 0.497 e. The first kappa shape index (κ1) is 20.0. The van der Waals surface area contributed by atoms with Crippen molar-refractivity contribution in [2.24, 2.45) is 0 Å². The topological polar surface area (TPSA) is 86.5 Å². The lowest BCUT2D eigenvalue weighted by Gasteiger charge is -2.10. The van der Waals surface area contributed by atoms with Crippen LogP contribution in [-0.2, 0) is 22.7 Å². The van der Waals surface area contributed by atoms with E-state index >= 15 is 0 Å². The lowest BCUT2D eigenvalue weighted by Crippen LogP contribution is -2.03. The third-order valence-electron chi connectivity index (χ3n) is 4.87. The molecule has 0 N–H and O–H groups in total. The van der Waals surface area contributed by atoms with Gasteiger partial charge in [0.25, 0.3) is 0 Å². The van der Waals surface area contributed by atoms with Gasteiger partial charge in [0.05, 0.1) is 7.11 Å². The van der Waals surface area contributed by atoms with Gasteiger partial charge >= 0.3 is 0 Å². The van der Waals surface area contributed by atoms with E-state index in [1.807, 2.05) is 16.5 Å². The normalized spacial score (nSPS) is 11.7. The summed E-state index contributed by atoms with van der Waals surface area (Å²) in [5.74, 6) is 0.339. The first-order chi connectivity index (χ1) is 14.4. The van der Waals surface area contributed by atoms with Gasteiger partial charge in [0.1, 0.15) is 17.9 Å². The zero-order chi connectivity index (χ0) is 21.3. The summed E-state index contributed by atoms with van der Waals surface area (Å²) >= 11 is 0. The molecule has 0 saturated heterocycles. The third kappa shape index (κ3) is 3.88. The molecule has 9 heteroatoms. The number of hydrogen-bond acceptors (Lipinski definition) is 6. The van der Waals surface area contributed by atoms with Crippen molar-refractivity contribution in [1.82, 2.24) is 19.6 Å². The second-order valence-electron chi connectivity index (χ2n) is 6.88. The number of hydrogen-bond donors (Lipinski definition) is 0. The van der Waals surface area contributed by atoms with Gasteiger partial charge in [-0.15, -0.1) is 10.2 Å². The molecule has 0 amide bonds. The monoisotopic (exact) mass is 426 g/mol. The molecule has 0 bridgehead atoms. The van der Waals surface area contributed by atoms with Crippen LogP contribution in [0.15, 0.2) is 60.0 Å². The van der Waals surface area contributed by atoms with Crippen LogP contribution in [0.1, 0.15) is 11.3 Å². The molecule has 0 spiro atoms. The number of benzene rings is 1. The highest BCUT2D eigenvalue weighted by Crippen LogP contribution is 2.25. The van der Waals surface area contributed by atoms with Crippen LogP contribution in [0.3, 0.4) is 0 Å². The number of fused-ring (bicyclic) bond motifs is 1. The van der Waals surface area contributed by atoms with E-state index in [4.69, 9.17) is 4.74 Å². The SMILES string of the molecule is COc1ccc(F)c(CCc2ccc(-c3ccc(S(C)(=O)=O)nc3)c3nncn23)c1. The number of rotatable bonds is 6. The van der Waals surface area contributed by atoms with Gasteiger partial charge in [0, 0.05) is 29.3 Å². The predicted molar refractivity (Wildman–Crippen MR) is 110 cm³/mol. The maximum atomic E-state index is 14.1. The summed E-state index contributed by atoms with van der Waals surface area (Å²) in [4.78, 5) is 4.04. The van der Waals surface area contributed by atoms with Crippen molar-refractivity contribution < 1.29 is 17.5 Å². The maximum Gasteiger partial charge on any atom is 0.192 e. The average Bonchev–Trinajstić information content (AvgIpc) is 3.23. The minimum absolute atomic E-state index is 0.0145. The summed E-state index contributed by atoms with van der Waals surface area (Å²) in [5, 5.41) is 8.22. The molecule has 0 aliphatic rings. The highest BCUT2D eigenvalue weighted by molar-refractivity contribution is 7.90. The Kier molecular flexibility index (Phi) is 5.21. The summed E-state index contributed by atoms with van der Waals surface area (Å²) in [6.07, 6.45) is 5.29. The van der Waals surface area contributed by atoms with Crippen LogP contribution in [0.4, 0.5) is 4.39 Å². The molecule has 7 nitrogen and oxygen atoms in total. The summed E-state index contributed by atoms with van der Waals surface area (Å²) in [7, 11) is -1.82. The Morgan fingerprint density at radius 1 is 1.10 bits per heavy atom. The van der Waals surface area contributed by atoms with E-state index in [0.29, 0.717) is 29.8 Å². The summed E-state index contributed by atoms with van der Waals surface area (Å²) in [5.41, 5.74) is 3.61. The molecule has 0 saturated carbocycles. The van der Waals surface area contributed by atoms with Crippen LogP contribution in [-0.4, -0.2) is 41.4 Å². The number of pyridine rings is 2. The van der Waals surface area contributed by atoms with Crippen molar-refractivity contribution in [1.29, 1.82) is 0 Å². The molecule has 0 aliphatic carbocycles. The predicted octanol–water partition coefficient (Wildman–Crippen LogP) is 3.13. The number of nitrogens with zero attached hydrogens (tertiary/aromatic N) is 4. The Morgan fingerprint density at radius 3 is 2.63 bits per heavy atom. The van der Waals surface area contributed by atoms with Crippen molar-refractivity contribution in [3.05, 3.63) is 72.1 Å². The first-order valence-corrected chi connectivity index (χ1v) is 11.1. The fraction of sp³-hybridized carbons (Fsp3) is 0.190. The van der Waals surface area contributed by atoms with Crippen LogP contribution >= 0.6 is 0 Å². The number of sulfone groups is 1. The highest BCUT2D eigenvalue weighted by atomic mass is 32.2. The van der Waals surface area contributed by atoms with Crippen LogP contribution < -0.4 is 4.74 Å². The lowest BCUT2D eigenvalue weighted by molar-refractivity contribution is 0.412. The van der Waals surface area contributed by atoms with Gasteiger partial charge in [-0.2, -0.15) is 0 Å². The fourth-order valence-electron chi connectivity index (χ4n) is 3.28. The smallest absolute Gasteiger partial charge is 0.192 e. The number of ether oxygens (including phenoxy) is 1. The number of halogens is 1. The highest BCUT2D eigenvalue weighted by Gasteiger charge is 2.13. The van der Waals surface area contributed by atoms with Gasteiger partial charge in [0.15, 0.2) is 20.5 Å². The van der Waals surface area contributed by atoms with Crippen molar-refractivity contribution in [3.8, 4) is 16.9 Å². The van der Waals surface area contributed by atoms with Crippen LogP contribution in [0.5, 0.6) is 5.75 Å². The van der Waals surface area contributed by atoms with Gasteiger partial charge in [-0.05, 0) is 60.9 Å². The van der Waals surface area contributed by atoms with E-state index in [1.165, 1.54) is 18.3 Å². The third-order valence-corrected chi connectivity index (χ3v) is 5.87. The van der Waals surface area contributed by atoms with E-state index in [9.17, 15) is 12.8 Å². The second-order valence-corrected chi connectivity index (χ2v) is 8.84. The molecule has 154 valence electrons. The molecule has 0 aliphatic heterocycles. The fourth-order valence-corrected chi connectivity index (χ4v) is 3.84. The minimum Gasteiger partial charge on any atom is -0.497 e. The Morgan fingerprint density at radius 2 is 1.93 bits per heavy atom. The molecular formula is C21H19FN4O3S.